The van der Waals surface area contributed by atoms with E-state index < -0.39 is 34.6 Å². The number of carbonyl (C=O) groups excluding carboxylic acids is 2. The van der Waals surface area contributed by atoms with Crippen molar-refractivity contribution >= 4 is 29.4 Å². The average Bonchev–Trinajstić information content (AvgIpc) is 3.15. The molecule has 2 bridgehead atoms. The number of hydrogen-bond acceptors (Lipinski definition) is 4. The molecule has 7 heteroatoms. The van der Waals surface area contributed by atoms with Crippen molar-refractivity contribution in [2.45, 2.75) is 66.2 Å². The minimum absolute atomic E-state index is 0.0393. The summed E-state index contributed by atoms with van der Waals surface area (Å²) in [6.07, 6.45) is 7.13. The van der Waals surface area contributed by atoms with Gasteiger partial charge in [-0.2, -0.15) is 0 Å². The van der Waals surface area contributed by atoms with E-state index in [0.29, 0.717) is 12.1 Å². The molecule has 3 saturated carbocycles. The predicted octanol–water partition coefficient (Wildman–Crippen LogP) is 5.40. The summed E-state index contributed by atoms with van der Waals surface area (Å²) in [4.78, 5) is 53.5. The van der Waals surface area contributed by atoms with Crippen LogP contribution in [-0.4, -0.2) is 34.0 Å². The van der Waals surface area contributed by atoms with Crippen molar-refractivity contribution in [1.82, 2.24) is 0 Å². The molecular formula is C31H37NO6. The third-order valence-corrected chi connectivity index (χ3v) is 11.5. The third kappa shape index (κ3) is 3.02. The number of benzene rings is 1. The van der Waals surface area contributed by atoms with Gasteiger partial charge < -0.3 is 10.2 Å². The zero-order chi connectivity index (χ0) is 27.4. The quantitative estimate of drug-likeness (QED) is 0.407. The number of amides is 2. The lowest BCUT2D eigenvalue weighted by Crippen LogP contribution is -2.65. The van der Waals surface area contributed by atoms with E-state index in [2.05, 4.69) is 26.8 Å². The molecule has 6 aliphatic rings. The van der Waals surface area contributed by atoms with E-state index in [0.717, 1.165) is 32.1 Å². The van der Waals surface area contributed by atoms with Gasteiger partial charge in [0.25, 0.3) is 0 Å². The largest absolute Gasteiger partial charge is 0.481 e. The maximum atomic E-state index is 14.3. The Bertz CT molecular complexity index is 1280. The number of carbonyl (C=O) groups is 4. The lowest BCUT2D eigenvalue weighted by molar-refractivity contribution is -0.194. The zero-order valence-corrected chi connectivity index (χ0v) is 22.6. The Morgan fingerprint density at radius 1 is 0.974 bits per heavy atom. The maximum absolute atomic E-state index is 14.3. The second-order valence-corrected chi connectivity index (χ2v) is 13.3. The van der Waals surface area contributed by atoms with Crippen LogP contribution < -0.4 is 4.90 Å². The van der Waals surface area contributed by atoms with Gasteiger partial charge in [-0.15, -0.1) is 0 Å². The first kappa shape index (κ1) is 25.3. The fourth-order valence-electron chi connectivity index (χ4n) is 9.97. The highest BCUT2D eigenvalue weighted by atomic mass is 16.4. The van der Waals surface area contributed by atoms with E-state index in [-0.39, 0.29) is 46.5 Å². The zero-order valence-electron chi connectivity index (χ0n) is 22.6. The van der Waals surface area contributed by atoms with Crippen LogP contribution in [0.25, 0.3) is 0 Å². The van der Waals surface area contributed by atoms with Gasteiger partial charge >= 0.3 is 11.9 Å². The van der Waals surface area contributed by atoms with Crippen molar-refractivity contribution in [3.63, 3.8) is 0 Å². The second-order valence-electron chi connectivity index (χ2n) is 13.3. The Balaban J connectivity index is 1.46. The van der Waals surface area contributed by atoms with Gasteiger partial charge in [-0.05, 0) is 92.4 Å². The molecule has 4 fully saturated rings. The van der Waals surface area contributed by atoms with Crippen LogP contribution in [0.4, 0.5) is 5.69 Å². The minimum Gasteiger partial charge on any atom is -0.481 e. The first-order valence-electron chi connectivity index (χ1n) is 14.0. The van der Waals surface area contributed by atoms with Crippen LogP contribution in [-0.2, 0) is 14.4 Å². The molecule has 7 nitrogen and oxygen atoms in total. The van der Waals surface area contributed by atoms with Crippen molar-refractivity contribution in [3.05, 3.63) is 41.5 Å². The summed E-state index contributed by atoms with van der Waals surface area (Å²) in [6.45, 7) is 8.51. The number of fused-ring (bicyclic) bond motifs is 1. The number of aliphatic carboxylic acids is 1. The summed E-state index contributed by atoms with van der Waals surface area (Å²) < 4.78 is 0. The van der Waals surface area contributed by atoms with Gasteiger partial charge in [0.15, 0.2) is 0 Å². The highest BCUT2D eigenvalue weighted by Crippen LogP contribution is 2.74. The summed E-state index contributed by atoms with van der Waals surface area (Å²) >= 11 is 0. The molecule has 0 aromatic heterocycles. The van der Waals surface area contributed by atoms with Crippen molar-refractivity contribution in [2.75, 3.05) is 4.90 Å². The number of carboxylic acids is 2. The van der Waals surface area contributed by atoms with E-state index in [4.69, 9.17) is 0 Å². The van der Waals surface area contributed by atoms with Gasteiger partial charge in [0.05, 0.1) is 28.5 Å². The molecule has 2 N–H and O–H groups in total. The molecular weight excluding hydrogens is 482 g/mol. The molecule has 202 valence electrons. The topological polar surface area (TPSA) is 112 Å². The molecule has 2 amide bonds. The lowest BCUT2D eigenvalue weighted by atomic mass is 9.34. The average molecular weight is 520 g/mol. The van der Waals surface area contributed by atoms with Crippen molar-refractivity contribution in [3.8, 4) is 0 Å². The van der Waals surface area contributed by atoms with Gasteiger partial charge in [0.2, 0.25) is 11.8 Å². The van der Waals surface area contributed by atoms with Crippen LogP contribution >= 0.6 is 0 Å². The summed E-state index contributed by atoms with van der Waals surface area (Å²) in [7, 11) is 0. The molecule has 38 heavy (non-hydrogen) atoms. The van der Waals surface area contributed by atoms with Crippen LogP contribution in [0.15, 0.2) is 35.9 Å². The van der Waals surface area contributed by atoms with E-state index in [1.807, 2.05) is 6.92 Å². The Labute approximate surface area is 223 Å². The fourth-order valence-corrected chi connectivity index (χ4v) is 9.97. The highest BCUT2D eigenvalue weighted by molar-refractivity contribution is 6.23. The minimum atomic E-state index is -1.05. The van der Waals surface area contributed by atoms with E-state index in [1.54, 1.807) is 12.1 Å². The number of imide groups is 1. The standard InChI is InChI=1S/C31H37NO6/c1-16(2)20-15-31-13-10-21-29(3,11-5-12-30(21,4)28(37)38)22(31)14-19(20)23-24(31)26(34)32(25(23)33)18-8-6-17(7-9-18)27(35)36/h6-9,15-16,19,21-24H,5,10-14H2,1-4H3,(H,35,36)(H,37,38)/t19-,21?,22?,23+,24-,29?,30?,31-/m0/s1. The van der Waals surface area contributed by atoms with Crippen LogP contribution in [0, 0.1) is 51.8 Å². The molecule has 4 unspecified atom stereocenters. The first-order valence-corrected chi connectivity index (χ1v) is 14.0. The van der Waals surface area contributed by atoms with Crippen LogP contribution in [0.3, 0.4) is 0 Å². The summed E-state index contributed by atoms with van der Waals surface area (Å²) in [5.74, 6) is -2.62. The Morgan fingerprint density at radius 2 is 1.66 bits per heavy atom. The van der Waals surface area contributed by atoms with Crippen molar-refractivity contribution < 1.29 is 29.4 Å². The van der Waals surface area contributed by atoms with Gasteiger partial charge in [0.1, 0.15) is 0 Å². The first-order chi connectivity index (χ1) is 17.9. The van der Waals surface area contributed by atoms with Crippen LogP contribution in [0.2, 0.25) is 0 Å². The Kier molecular flexibility index (Phi) is 5.35. The monoisotopic (exact) mass is 519 g/mol. The summed E-state index contributed by atoms with van der Waals surface area (Å²) in [5.41, 5.74) is 0.343. The molecule has 1 aliphatic heterocycles. The summed E-state index contributed by atoms with van der Waals surface area (Å²) in [6, 6.07) is 5.99. The summed E-state index contributed by atoms with van der Waals surface area (Å²) in [5, 5.41) is 19.6. The van der Waals surface area contributed by atoms with Gasteiger partial charge in [0, 0.05) is 5.41 Å². The van der Waals surface area contributed by atoms with Crippen LogP contribution in [0.5, 0.6) is 0 Å². The lowest BCUT2D eigenvalue weighted by Gasteiger charge is -2.68. The predicted molar refractivity (Wildman–Crippen MR) is 140 cm³/mol. The Hall–Kier alpha value is -2.96. The number of anilines is 1. The molecule has 1 saturated heterocycles. The third-order valence-electron chi connectivity index (χ3n) is 11.5. The second kappa shape index (κ2) is 8.03. The van der Waals surface area contributed by atoms with Gasteiger partial charge in [-0.25, -0.2) is 4.79 Å². The number of allylic oxidation sites excluding steroid dienone is 2. The van der Waals surface area contributed by atoms with E-state index in [9.17, 15) is 29.4 Å². The molecule has 1 aromatic carbocycles. The molecule has 1 aromatic rings. The van der Waals surface area contributed by atoms with Gasteiger partial charge in [-0.1, -0.05) is 38.8 Å². The smallest absolute Gasteiger partial charge is 0.335 e. The number of carboxylic acid groups (broad SMARTS) is 2. The molecule has 8 atom stereocenters. The number of aromatic carboxylic acids is 1. The van der Waals surface area contributed by atoms with Crippen molar-refractivity contribution in [2.24, 2.45) is 51.8 Å². The molecule has 1 heterocycles. The van der Waals surface area contributed by atoms with Crippen molar-refractivity contribution in [1.29, 1.82) is 0 Å². The normalized spacial score (nSPS) is 41.4. The molecule has 1 spiro atoms. The number of hydrogen-bond donors (Lipinski definition) is 2. The molecule has 0 radical (unpaired) electrons. The SMILES string of the molecule is CC(C)C1=C[C@@]23CCC4C(C)(C(=O)O)CCCC4(C)C2C[C@@H]1[C@H]1C(=O)N(c2ccc(C(=O)O)cc2)C(=O)[C@H]13. The van der Waals surface area contributed by atoms with Gasteiger partial charge in [-0.3, -0.25) is 19.3 Å². The van der Waals surface area contributed by atoms with Crippen LogP contribution in [0.1, 0.15) is 76.6 Å². The van der Waals surface area contributed by atoms with E-state index in [1.165, 1.54) is 22.6 Å². The highest BCUT2D eigenvalue weighted by Gasteiger charge is 2.73. The number of nitrogens with zero attached hydrogens (tertiary/aromatic N) is 1. The molecule has 5 aliphatic carbocycles. The Morgan fingerprint density at radius 3 is 2.26 bits per heavy atom. The van der Waals surface area contributed by atoms with E-state index >= 15 is 0 Å². The number of rotatable bonds is 4. The fraction of sp³-hybridized carbons (Fsp3) is 0.613. The maximum Gasteiger partial charge on any atom is 0.335 e. The molecule has 7 rings (SSSR count).